The Balaban J connectivity index is 2.36. The van der Waals surface area contributed by atoms with E-state index in [2.05, 4.69) is 10.6 Å². The number of rotatable bonds is 6. The molecular formula is C20H19F4IN2O2S. The molecule has 0 fully saturated rings. The smallest absolute Gasteiger partial charge is 0.346 e. The number of carbonyl (C=O) groups excluding carboxylic acids is 2. The standard InChI is InChI=1S/C20H19F4IN2O2S/c1-19(2,10-30-3)27-18(29)16-12(5-4-6-15(16)25)17(28)26-11-7-8-14(21)13(9-11)20(22,23)24/h4-9H,10H2,1-3H3,(H,26,28)(H,27,29). The van der Waals surface area contributed by atoms with Crippen LogP contribution in [0.5, 0.6) is 0 Å². The van der Waals surface area contributed by atoms with Crippen molar-refractivity contribution in [2.45, 2.75) is 25.6 Å². The molecule has 0 bridgehead atoms. The van der Waals surface area contributed by atoms with Crippen molar-refractivity contribution in [2.24, 2.45) is 0 Å². The van der Waals surface area contributed by atoms with Gasteiger partial charge in [-0.2, -0.15) is 24.9 Å². The largest absolute Gasteiger partial charge is 0.419 e. The lowest BCUT2D eigenvalue weighted by Crippen LogP contribution is -2.46. The number of hydrogen-bond acceptors (Lipinski definition) is 3. The van der Waals surface area contributed by atoms with Crippen molar-refractivity contribution < 1.29 is 27.2 Å². The molecule has 0 unspecified atom stereocenters. The fourth-order valence-corrected chi connectivity index (χ4v) is 4.27. The molecule has 2 aromatic rings. The van der Waals surface area contributed by atoms with Gasteiger partial charge < -0.3 is 10.6 Å². The van der Waals surface area contributed by atoms with Crippen molar-refractivity contribution in [3.63, 3.8) is 0 Å². The number of thioether (sulfide) groups is 1. The summed E-state index contributed by atoms with van der Waals surface area (Å²) in [6.45, 7) is 3.68. The zero-order valence-electron chi connectivity index (χ0n) is 16.3. The van der Waals surface area contributed by atoms with E-state index in [9.17, 15) is 27.2 Å². The van der Waals surface area contributed by atoms with Crippen molar-refractivity contribution in [1.29, 1.82) is 0 Å². The fraction of sp³-hybridized carbons (Fsp3) is 0.300. The zero-order chi connectivity index (χ0) is 22.7. The third-order valence-corrected chi connectivity index (χ3v) is 5.88. The highest BCUT2D eigenvalue weighted by atomic mass is 127. The van der Waals surface area contributed by atoms with Crippen LogP contribution in [0.3, 0.4) is 0 Å². The van der Waals surface area contributed by atoms with Crippen LogP contribution in [-0.4, -0.2) is 29.4 Å². The minimum absolute atomic E-state index is 0.00256. The molecule has 0 saturated carbocycles. The predicted molar refractivity (Wildman–Crippen MR) is 118 cm³/mol. The molecule has 0 aromatic heterocycles. The minimum Gasteiger partial charge on any atom is -0.346 e. The molecule has 2 aromatic carbocycles. The van der Waals surface area contributed by atoms with Gasteiger partial charge >= 0.3 is 6.18 Å². The minimum atomic E-state index is -4.90. The maximum atomic E-state index is 13.5. The third kappa shape index (κ3) is 6.10. The summed E-state index contributed by atoms with van der Waals surface area (Å²) in [6.07, 6.45) is -3.00. The first kappa shape index (κ1) is 24.4. The van der Waals surface area contributed by atoms with Gasteiger partial charge in [0.15, 0.2) is 0 Å². The summed E-state index contributed by atoms with van der Waals surface area (Å²) >= 11 is 3.46. The number of hydrogen-bond donors (Lipinski definition) is 2. The molecule has 0 aliphatic heterocycles. The summed E-state index contributed by atoms with van der Waals surface area (Å²) in [5.74, 6) is -2.05. The van der Waals surface area contributed by atoms with Crippen LogP contribution in [0.15, 0.2) is 36.4 Å². The van der Waals surface area contributed by atoms with Crippen molar-refractivity contribution in [3.8, 4) is 0 Å². The van der Waals surface area contributed by atoms with Gasteiger partial charge in [-0.25, -0.2) is 4.39 Å². The van der Waals surface area contributed by atoms with Crippen LogP contribution in [0.4, 0.5) is 23.2 Å². The van der Waals surface area contributed by atoms with Gasteiger partial charge in [-0.1, -0.05) is 6.07 Å². The summed E-state index contributed by atoms with van der Waals surface area (Å²) in [4.78, 5) is 25.6. The first-order chi connectivity index (χ1) is 13.9. The zero-order valence-corrected chi connectivity index (χ0v) is 19.3. The number of alkyl halides is 3. The molecular weight excluding hydrogens is 535 g/mol. The van der Waals surface area contributed by atoms with Crippen LogP contribution in [0.1, 0.15) is 40.1 Å². The van der Waals surface area contributed by atoms with E-state index in [0.717, 1.165) is 6.07 Å². The van der Waals surface area contributed by atoms with E-state index in [1.54, 1.807) is 23.9 Å². The SMILES string of the molecule is CSCC(C)(C)NC(=O)c1c(I)cccc1C(=O)Nc1ccc(F)c(C(F)(F)F)c1. The second-order valence-corrected chi connectivity index (χ2v) is 9.11. The average molecular weight is 554 g/mol. The molecule has 162 valence electrons. The molecule has 2 N–H and O–H groups in total. The molecule has 0 spiro atoms. The quantitative estimate of drug-likeness (QED) is 0.363. The molecule has 0 atom stereocenters. The third-order valence-electron chi connectivity index (χ3n) is 3.97. The van der Waals surface area contributed by atoms with Gasteiger partial charge in [0.05, 0.1) is 16.7 Å². The van der Waals surface area contributed by atoms with Crippen LogP contribution in [0.2, 0.25) is 0 Å². The molecule has 4 nitrogen and oxygen atoms in total. The lowest BCUT2D eigenvalue weighted by atomic mass is 10.0. The Kier molecular flexibility index (Phi) is 7.78. The van der Waals surface area contributed by atoms with E-state index in [0.29, 0.717) is 21.5 Å². The molecule has 10 heteroatoms. The molecule has 0 saturated heterocycles. The lowest BCUT2D eigenvalue weighted by molar-refractivity contribution is -0.139. The van der Waals surface area contributed by atoms with E-state index in [4.69, 9.17) is 0 Å². The topological polar surface area (TPSA) is 58.2 Å². The van der Waals surface area contributed by atoms with Gasteiger partial charge in [-0.15, -0.1) is 0 Å². The summed E-state index contributed by atoms with van der Waals surface area (Å²) in [5.41, 5.74) is -2.15. The molecule has 2 rings (SSSR count). The van der Waals surface area contributed by atoms with E-state index in [1.807, 2.05) is 42.7 Å². The number of nitrogens with one attached hydrogen (secondary N) is 2. The van der Waals surface area contributed by atoms with Gasteiger partial charge in [0, 0.05) is 20.5 Å². The maximum absolute atomic E-state index is 13.5. The Morgan fingerprint density at radius 2 is 1.77 bits per heavy atom. The average Bonchev–Trinajstić information content (AvgIpc) is 2.61. The van der Waals surface area contributed by atoms with Crippen molar-refractivity contribution >= 4 is 51.9 Å². The van der Waals surface area contributed by atoms with Crippen LogP contribution >= 0.6 is 34.4 Å². The van der Waals surface area contributed by atoms with E-state index < -0.39 is 34.9 Å². The summed E-state index contributed by atoms with van der Waals surface area (Å²) in [6, 6.07) is 6.79. The Hall–Kier alpha value is -1.82. The van der Waals surface area contributed by atoms with Gasteiger partial charge in [-0.05, 0) is 73.0 Å². The Morgan fingerprint density at radius 1 is 1.10 bits per heavy atom. The number of anilines is 1. The summed E-state index contributed by atoms with van der Waals surface area (Å²) in [7, 11) is 0. The first-order valence-corrected chi connectivity index (χ1v) is 11.1. The van der Waals surface area contributed by atoms with E-state index in [1.165, 1.54) is 6.07 Å². The highest BCUT2D eigenvalue weighted by molar-refractivity contribution is 14.1. The van der Waals surface area contributed by atoms with Crippen molar-refractivity contribution in [3.05, 3.63) is 62.5 Å². The van der Waals surface area contributed by atoms with Gasteiger partial charge in [-0.3, -0.25) is 9.59 Å². The van der Waals surface area contributed by atoms with E-state index >= 15 is 0 Å². The molecule has 30 heavy (non-hydrogen) atoms. The molecule has 2 amide bonds. The number of benzene rings is 2. The Morgan fingerprint density at radius 3 is 2.37 bits per heavy atom. The fourth-order valence-electron chi connectivity index (χ4n) is 2.73. The van der Waals surface area contributed by atoms with Crippen molar-refractivity contribution in [2.75, 3.05) is 17.3 Å². The first-order valence-electron chi connectivity index (χ1n) is 8.64. The molecule has 0 aliphatic rings. The van der Waals surface area contributed by atoms with Crippen LogP contribution < -0.4 is 10.6 Å². The Bertz CT molecular complexity index is 964. The number of amides is 2. The Labute approximate surface area is 189 Å². The van der Waals surface area contributed by atoms with Gasteiger partial charge in [0.25, 0.3) is 11.8 Å². The van der Waals surface area contributed by atoms with Crippen LogP contribution in [0, 0.1) is 9.39 Å². The van der Waals surface area contributed by atoms with Gasteiger partial charge in [0.2, 0.25) is 0 Å². The van der Waals surface area contributed by atoms with Crippen molar-refractivity contribution in [1.82, 2.24) is 5.32 Å². The lowest BCUT2D eigenvalue weighted by Gasteiger charge is -2.26. The monoisotopic (exact) mass is 554 g/mol. The van der Waals surface area contributed by atoms with E-state index in [-0.39, 0.29) is 16.8 Å². The molecule has 0 heterocycles. The van der Waals surface area contributed by atoms with Gasteiger partial charge in [0.1, 0.15) is 5.82 Å². The summed E-state index contributed by atoms with van der Waals surface area (Å²) in [5, 5.41) is 5.18. The molecule has 0 radical (unpaired) electrons. The summed E-state index contributed by atoms with van der Waals surface area (Å²) < 4.78 is 52.8. The number of carbonyl (C=O) groups is 2. The highest BCUT2D eigenvalue weighted by Gasteiger charge is 2.34. The highest BCUT2D eigenvalue weighted by Crippen LogP contribution is 2.33. The van der Waals surface area contributed by atoms with Crippen LogP contribution in [-0.2, 0) is 6.18 Å². The van der Waals surface area contributed by atoms with Crippen LogP contribution in [0.25, 0.3) is 0 Å². The normalized spacial score (nSPS) is 11.9. The second-order valence-electron chi connectivity index (χ2n) is 7.08. The number of halogens is 5. The molecule has 0 aliphatic carbocycles. The predicted octanol–water partition coefficient (Wildman–Crippen LogP) is 5.57. The maximum Gasteiger partial charge on any atom is 0.419 e. The second kappa shape index (κ2) is 9.54.